The summed E-state index contributed by atoms with van der Waals surface area (Å²) in [5.41, 5.74) is 1.68. The Morgan fingerprint density at radius 2 is 1.81 bits per heavy atom. The van der Waals surface area contributed by atoms with E-state index in [1.807, 2.05) is 0 Å². The second-order valence-corrected chi connectivity index (χ2v) is 8.86. The Balaban J connectivity index is 1.93. The topological polar surface area (TPSA) is 105 Å². The molecular formula is C26H24N2O7S. The molecule has 9 nitrogen and oxygen atoms in total. The zero-order valence-electron chi connectivity index (χ0n) is 20.4. The Kier molecular flexibility index (Phi) is 7.07. The van der Waals surface area contributed by atoms with E-state index in [1.165, 1.54) is 44.2 Å². The lowest BCUT2D eigenvalue weighted by Crippen LogP contribution is -2.39. The average Bonchev–Trinajstić information content (AvgIpc) is 3.16. The van der Waals surface area contributed by atoms with E-state index in [0.717, 1.165) is 0 Å². The number of hydrogen-bond acceptors (Lipinski definition) is 9. The molecule has 0 spiro atoms. The van der Waals surface area contributed by atoms with E-state index >= 15 is 0 Å². The molecule has 0 bridgehead atoms. The predicted molar refractivity (Wildman–Crippen MR) is 133 cm³/mol. The van der Waals surface area contributed by atoms with Gasteiger partial charge in [-0.3, -0.25) is 14.2 Å². The molecule has 0 radical (unpaired) electrons. The molecule has 0 aliphatic carbocycles. The highest BCUT2D eigenvalue weighted by atomic mass is 32.1. The number of rotatable bonds is 6. The third-order valence-corrected chi connectivity index (χ3v) is 6.55. The fourth-order valence-electron chi connectivity index (χ4n) is 4.02. The number of methoxy groups -OCH3 is 3. The van der Waals surface area contributed by atoms with Crippen LogP contribution in [0.1, 0.15) is 31.0 Å². The van der Waals surface area contributed by atoms with Crippen molar-refractivity contribution in [2.75, 3.05) is 21.3 Å². The molecule has 1 aliphatic rings. The quantitative estimate of drug-likeness (QED) is 0.372. The number of ether oxygens (including phenoxy) is 4. The molecule has 4 rings (SSSR count). The number of hydrogen-bond donors (Lipinski definition) is 0. The summed E-state index contributed by atoms with van der Waals surface area (Å²) in [6, 6.07) is 11.3. The first-order valence-electron chi connectivity index (χ1n) is 10.9. The molecule has 0 saturated carbocycles. The van der Waals surface area contributed by atoms with Crippen LogP contribution in [0.3, 0.4) is 0 Å². The molecule has 0 saturated heterocycles. The van der Waals surface area contributed by atoms with Crippen molar-refractivity contribution in [3.8, 4) is 17.2 Å². The molecule has 1 aliphatic heterocycles. The molecule has 36 heavy (non-hydrogen) atoms. The minimum Gasteiger partial charge on any atom is -0.493 e. The van der Waals surface area contributed by atoms with Crippen molar-refractivity contribution in [3.05, 3.63) is 84.5 Å². The number of carbonyl (C=O) groups excluding carboxylic acids is 2. The molecule has 186 valence electrons. The van der Waals surface area contributed by atoms with Gasteiger partial charge in [-0.1, -0.05) is 29.5 Å². The lowest BCUT2D eigenvalue weighted by atomic mass is 9.95. The van der Waals surface area contributed by atoms with Crippen LogP contribution in [-0.4, -0.2) is 37.8 Å². The van der Waals surface area contributed by atoms with E-state index in [9.17, 15) is 14.4 Å². The molecule has 0 amide bonds. The fraction of sp³-hybridized carbons (Fsp3) is 0.231. The van der Waals surface area contributed by atoms with Crippen molar-refractivity contribution >= 4 is 29.4 Å². The van der Waals surface area contributed by atoms with Crippen LogP contribution in [0.25, 0.3) is 6.08 Å². The number of nitrogens with zero attached hydrogens (tertiary/aromatic N) is 2. The normalized spacial score (nSPS) is 15.1. The first kappa shape index (κ1) is 24.9. The van der Waals surface area contributed by atoms with Crippen LogP contribution in [0.5, 0.6) is 17.2 Å². The van der Waals surface area contributed by atoms with Gasteiger partial charge < -0.3 is 18.9 Å². The number of allylic oxidation sites excluding steroid dienone is 1. The Hall–Kier alpha value is -4.18. The van der Waals surface area contributed by atoms with E-state index in [-0.39, 0.29) is 11.1 Å². The molecule has 3 aromatic rings. The maximum Gasteiger partial charge on any atom is 0.338 e. The lowest BCUT2D eigenvalue weighted by Gasteiger charge is -2.25. The van der Waals surface area contributed by atoms with Crippen LogP contribution in [0.15, 0.2) is 63.5 Å². The van der Waals surface area contributed by atoms with Crippen molar-refractivity contribution in [2.24, 2.45) is 4.99 Å². The number of benzene rings is 2. The van der Waals surface area contributed by atoms with Gasteiger partial charge in [0.1, 0.15) is 5.75 Å². The van der Waals surface area contributed by atoms with E-state index < -0.39 is 18.0 Å². The van der Waals surface area contributed by atoms with Crippen LogP contribution < -0.4 is 29.1 Å². The standard InChI is InChI=1S/C26H24N2O7S/c1-14-22(25(31)34-5)23(17-9-10-19(32-3)20(13-17)33-4)28-24(30)21(36-26(28)27-14)12-16-7-6-8-18(11-16)35-15(2)29/h6-13,23H,1-5H3. The number of aromatic nitrogens is 1. The highest BCUT2D eigenvalue weighted by Gasteiger charge is 2.33. The van der Waals surface area contributed by atoms with Gasteiger partial charge in [-0.15, -0.1) is 0 Å². The van der Waals surface area contributed by atoms with Gasteiger partial charge in [0, 0.05) is 6.92 Å². The van der Waals surface area contributed by atoms with E-state index in [2.05, 4.69) is 4.99 Å². The highest BCUT2D eigenvalue weighted by Crippen LogP contribution is 2.35. The van der Waals surface area contributed by atoms with Gasteiger partial charge >= 0.3 is 11.9 Å². The smallest absolute Gasteiger partial charge is 0.338 e. The zero-order chi connectivity index (χ0) is 26.0. The lowest BCUT2D eigenvalue weighted by molar-refractivity contribution is -0.136. The van der Waals surface area contributed by atoms with Crippen molar-refractivity contribution in [3.63, 3.8) is 0 Å². The van der Waals surface area contributed by atoms with Crippen LogP contribution in [0, 0.1) is 0 Å². The summed E-state index contributed by atoms with van der Waals surface area (Å²) >= 11 is 1.20. The third-order valence-electron chi connectivity index (χ3n) is 5.57. The van der Waals surface area contributed by atoms with Gasteiger partial charge in [-0.2, -0.15) is 0 Å². The van der Waals surface area contributed by atoms with Crippen molar-refractivity contribution in [1.82, 2.24) is 4.57 Å². The van der Waals surface area contributed by atoms with Crippen LogP contribution >= 0.6 is 11.3 Å². The number of fused-ring (bicyclic) bond motifs is 1. The first-order valence-corrected chi connectivity index (χ1v) is 11.7. The van der Waals surface area contributed by atoms with E-state index in [1.54, 1.807) is 55.5 Å². The third kappa shape index (κ3) is 4.67. The second kappa shape index (κ2) is 10.2. The van der Waals surface area contributed by atoms with Gasteiger partial charge in [0.25, 0.3) is 5.56 Å². The second-order valence-electron chi connectivity index (χ2n) is 7.85. The monoisotopic (exact) mass is 508 g/mol. The molecule has 0 fully saturated rings. The Bertz CT molecular complexity index is 1570. The van der Waals surface area contributed by atoms with Gasteiger partial charge in [0.2, 0.25) is 0 Å². The molecule has 1 aromatic heterocycles. The predicted octanol–water partition coefficient (Wildman–Crippen LogP) is 2.35. The van der Waals surface area contributed by atoms with E-state index in [4.69, 9.17) is 18.9 Å². The molecule has 2 aromatic carbocycles. The Morgan fingerprint density at radius 1 is 1.06 bits per heavy atom. The molecular weight excluding hydrogens is 484 g/mol. The van der Waals surface area contributed by atoms with Crippen LogP contribution in [-0.2, 0) is 14.3 Å². The maximum atomic E-state index is 13.7. The zero-order valence-corrected chi connectivity index (χ0v) is 21.2. The van der Waals surface area contributed by atoms with Crippen molar-refractivity contribution < 1.29 is 28.5 Å². The molecule has 10 heteroatoms. The molecule has 0 N–H and O–H groups in total. The van der Waals surface area contributed by atoms with Crippen molar-refractivity contribution in [2.45, 2.75) is 19.9 Å². The minimum absolute atomic E-state index is 0.250. The van der Waals surface area contributed by atoms with Gasteiger partial charge in [0.05, 0.1) is 43.2 Å². The fourth-order valence-corrected chi connectivity index (χ4v) is 5.06. The van der Waals surface area contributed by atoms with Gasteiger partial charge in [-0.25, -0.2) is 9.79 Å². The Morgan fingerprint density at radius 3 is 2.47 bits per heavy atom. The summed E-state index contributed by atoms with van der Waals surface area (Å²) in [6.45, 7) is 3.03. The summed E-state index contributed by atoms with van der Waals surface area (Å²) in [7, 11) is 4.33. The summed E-state index contributed by atoms with van der Waals surface area (Å²) in [4.78, 5) is 42.8. The van der Waals surface area contributed by atoms with Crippen molar-refractivity contribution in [1.29, 1.82) is 0 Å². The summed E-state index contributed by atoms with van der Waals surface area (Å²) < 4.78 is 22.9. The van der Waals surface area contributed by atoms with Gasteiger partial charge in [0.15, 0.2) is 16.3 Å². The minimum atomic E-state index is -0.789. The molecule has 1 unspecified atom stereocenters. The first-order chi connectivity index (χ1) is 17.3. The summed E-state index contributed by atoms with van der Waals surface area (Å²) in [6.07, 6.45) is 1.69. The summed E-state index contributed by atoms with van der Waals surface area (Å²) in [5, 5.41) is 0. The SMILES string of the molecule is COC(=O)C1=C(C)N=c2sc(=Cc3cccc(OC(C)=O)c3)c(=O)n2C1c1ccc(OC)c(OC)c1. The average molecular weight is 509 g/mol. The largest absolute Gasteiger partial charge is 0.493 e. The summed E-state index contributed by atoms with van der Waals surface area (Å²) in [5.74, 6) is 0.322. The van der Waals surface area contributed by atoms with E-state index in [0.29, 0.717) is 43.4 Å². The van der Waals surface area contributed by atoms with Gasteiger partial charge in [-0.05, 0) is 48.4 Å². The number of carbonyl (C=O) groups is 2. The molecule has 2 heterocycles. The van der Waals surface area contributed by atoms with Crippen LogP contribution in [0.4, 0.5) is 0 Å². The Labute approximate surface area is 210 Å². The maximum absolute atomic E-state index is 13.7. The highest BCUT2D eigenvalue weighted by molar-refractivity contribution is 7.07. The number of thiazole rings is 1. The molecule has 1 atom stereocenters. The number of esters is 2. The van der Waals surface area contributed by atoms with Crippen LogP contribution in [0.2, 0.25) is 0 Å².